The van der Waals surface area contributed by atoms with E-state index in [1.54, 1.807) is 24.3 Å². The Morgan fingerprint density at radius 2 is 1.80 bits per heavy atom. The zero-order chi connectivity index (χ0) is 31.0. The summed E-state index contributed by atoms with van der Waals surface area (Å²) in [5.41, 5.74) is 2.86. The minimum absolute atomic E-state index is 0.321. The second-order valence-electron chi connectivity index (χ2n) is 12.1. The molecule has 3 N–H and O–H groups in total. The van der Waals surface area contributed by atoms with Crippen LogP contribution in [-0.4, -0.2) is 64.7 Å². The molecule has 6 atom stereocenters. The van der Waals surface area contributed by atoms with Gasteiger partial charge in [0.15, 0.2) is 0 Å². The molecule has 0 saturated carbocycles. The molecule has 1 spiro atoms. The van der Waals surface area contributed by atoms with Crippen LogP contribution in [-0.2, 0) is 25.5 Å². The number of benzene rings is 3. The summed E-state index contributed by atoms with van der Waals surface area (Å²) in [5.74, 6) is -1.98. The molecule has 3 aromatic carbocycles. The first kappa shape index (κ1) is 29.8. The first-order valence-corrected chi connectivity index (χ1v) is 15.3. The zero-order valence-electron chi connectivity index (χ0n) is 25.3. The fourth-order valence-corrected chi connectivity index (χ4v) is 7.32. The monoisotopic (exact) mass is 597 g/mol. The van der Waals surface area contributed by atoms with Gasteiger partial charge in [-0.2, -0.15) is 0 Å². The Bertz CT molecular complexity index is 1540. The molecule has 3 aliphatic rings. The van der Waals surface area contributed by atoms with Gasteiger partial charge in [0.25, 0.3) is 0 Å². The number of nitrogens with one attached hydrogen (secondary N) is 2. The summed E-state index contributed by atoms with van der Waals surface area (Å²) >= 11 is 0. The SMILES string of the molecule is CCOc1ccc(NC(=O)[C@@H]2[C@@H]3CCC4(O3)C(C(=O)Nc3cc(C)ccc3C)N([C@@H](CO)Cc3ccccc3)C(=O)[C@H]24)cc1. The summed E-state index contributed by atoms with van der Waals surface area (Å²) in [7, 11) is 0. The van der Waals surface area contributed by atoms with E-state index in [-0.39, 0.29) is 24.3 Å². The summed E-state index contributed by atoms with van der Waals surface area (Å²) in [5, 5.41) is 16.7. The van der Waals surface area contributed by atoms with E-state index in [1.165, 1.54) is 4.90 Å². The predicted octanol–water partition coefficient (Wildman–Crippen LogP) is 4.26. The topological polar surface area (TPSA) is 117 Å². The third-order valence-corrected chi connectivity index (χ3v) is 9.29. The van der Waals surface area contributed by atoms with Crippen molar-refractivity contribution in [2.24, 2.45) is 11.8 Å². The molecule has 3 amide bonds. The predicted molar refractivity (Wildman–Crippen MR) is 166 cm³/mol. The highest BCUT2D eigenvalue weighted by atomic mass is 16.5. The number of aliphatic hydroxyl groups is 1. The molecule has 3 aromatic rings. The van der Waals surface area contributed by atoms with Crippen LogP contribution in [0.25, 0.3) is 0 Å². The van der Waals surface area contributed by atoms with Crippen molar-refractivity contribution in [3.8, 4) is 5.75 Å². The largest absolute Gasteiger partial charge is 0.494 e. The number of hydrogen-bond acceptors (Lipinski definition) is 6. The van der Waals surface area contributed by atoms with E-state index in [0.717, 1.165) is 16.7 Å². The van der Waals surface area contributed by atoms with E-state index in [2.05, 4.69) is 10.6 Å². The molecule has 44 heavy (non-hydrogen) atoms. The molecule has 3 fully saturated rings. The highest BCUT2D eigenvalue weighted by molar-refractivity contribution is 6.05. The van der Waals surface area contributed by atoms with Gasteiger partial charge in [-0.1, -0.05) is 42.5 Å². The van der Waals surface area contributed by atoms with Crippen molar-refractivity contribution in [2.45, 2.75) is 63.8 Å². The summed E-state index contributed by atoms with van der Waals surface area (Å²) in [6, 6.07) is 20.8. The average molecular weight is 598 g/mol. The number of rotatable bonds is 10. The Kier molecular flexibility index (Phi) is 8.18. The molecule has 3 saturated heterocycles. The number of amides is 3. The molecule has 230 valence electrons. The molecule has 9 heteroatoms. The van der Waals surface area contributed by atoms with Crippen molar-refractivity contribution in [1.82, 2.24) is 4.90 Å². The highest BCUT2D eigenvalue weighted by Crippen LogP contribution is 2.59. The van der Waals surface area contributed by atoms with Crippen molar-refractivity contribution < 1.29 is 29.0 Å². The Labute approximate surface area is 257 Å². The normalized spacial score (nSPS) is 25.9. The molecular weight excluding hydrogens is 558 g/mol. The van der Waals surface area contributed by atoms with Crippen LogP contribution in [0.4, 0.5) is 11.4 Å². The molecular formula is C35H39N3O6. The fourth-order valence-electron chi connectivity index (χ4n) is 7.32. The maximum absolute atomic E-state index is 14.5. The van der Waals surface area contributed by atoms with Crippen LogP contribution in [0.5, 0.6) is 5.75 Å². The Morgan fingerprint density at radius 1 is 1.05 bits per heavy atom. The lowest BCUT2D eigenvalue weighted by Gasteiger charge is -2.37. The van der Waals surface area contributed by atoms with Gasteiger partial charge in [0.1, 0.15) is 17.4 Å². The van der Waals surface area contributed by atoms with Crippen molar-refractivity contribution in [3.63, 3.8) is 0 Å². The summed E-state index contributed by atoms with van der Waals surface area (Å²) in [6.45, 7) is 5.96. The Hall–Kier alpha value is -4.21. The van der Waals surface area contributed by atoms with Crippen LogP contribution >= 0.6 is 0 Å². The number of nitrogens with zero attached hydrogens (tertiary/aromatic N) is 1. The van der Waals surface area contributed by atoms with E-state index in [1.807, 2.05) is 69.3 Å². The summed E-state index contributed by atoms with van der Waals surface area (Å²) in [4.78, 5) is 44.2. The molecule has 0 radical (unpaired) electrons. The van der Waals surface area contributed by atoms with E-state index in [4.69, 9.17) is 9.47 Å². The molecule has 2 bridgehead atoms. The van der Waals surface area contributed by atoms with Crippen molar-refractivity contribution in [3.05, 3.63) is 89.5 Å². The Morgan fingerprint density at radius 3 is 2.50 bits per heavy atom. The lowest BCUT2D eigenvalue weighted by molar-refractivity contribution is -0.143. The summed E-state index contributed by atoms with van der Waals surface area (Å²) < 4.78 is 12.1. The third kappa shape index (κ3) is 5.24. The molecule has 3 aliphatic heterocycles. The van der Waals surface area contributed by atoms with Crippen molar-refractivity contribution in [2.75, 3.05) is 23.8 Å². The van der Waals surface area contributed by atoms with Crippen LogP contribution in [0.3, 0.4) is 0 Å². The van der Waals surface area contributed by atoms with Crippen LogP contribution < -0.4 is 15.4 Å². The van der Waals surface area contributed by atoms with Gasteiger partial charge < -0.3 is 30.1 Å². The van der Waals surface area contributed by atoms with Crippen molar-refractivity contribution in [1.29, 1.82) is 0 Å². The second-order valence-corrected chi connectivity index (χ2v) is 12.1. The number of anilines is 2. The van der Waals surface area contributed by atoms with Gasteiger partial charge in [-0.05, 0) is 87.1 Å². The maximum Gasteiger partial charge on any atom is 0.250 e. The van der Waals surface area contributed by atoms with E-state index < -0.39 is 35.6 Å². The number of hydrogen-bond donors (Lipinski definition) is 3. The number of carbonyl (C=O) groups is 3. The van der Waals surface area contributed by atoms with E-state index in [0.29, 0.717) is 43.0 Å². The standard InChI is InChI=1S/C35H39N3O6/c1-4-43-26-14-12-24(13-15-26)36-32(40)29-28-16-17-35(44-28)30(29)34(42)38(25(20-39)19-23-8-6-5-7-9-23)31(35)33(41)37-27-18-21(2)10-11-22(27)3/h5-15,18,25,28-31,39H,4,16-17,19-20H2,1-3H3,(H,36,40)(H,37,41)/t25-,28+,29-,30+,31?,35?/m1/s1. The van der Waals surface area contributed by atoms with Gasteiger partial charge >= 0.3 is 0 Å². The number of carbonyl (C=O) groups excluding carboxylic acids is 3. The first-order valence-electron chi connectivity index (χ1n) is 15.3. The van der Waals surface area contributed by atoms with Gasteiger partial charge in [0.2, 0.25) is 17.7 Å². The van der Waals surface area contributed by atoms with Crippen molar-refractivity contribution >= 4 is 29.1 Å². The van der Waals surface area contributed by atoms with Gasteiger partial charge in [-0.3, -0.25) is 14.4 Å². The smallest absolute Gasteiger partial charge is 0.250 e. The quantitative estimate of drug-likeness (QED) is 0.322. The van der Waals surface area contributed by atoms with Gasteiger partial charge in [-0.15, -0.1) is 0 Å². The van der Waals surface area contributed by atoms with Crippen LogP contribution in [0.2, 0.25) is 0 Å². The number of fused-ring (bicyclic) bond motifs is 1. The van der Waals surface area contributed by atoms with Gasteiger partial charge in [0.05, 0.1) is 37.2 Å². The minimum Gasteiger partial charge on any atom is -0.494 e. The van der Waals surface area contributed by atoms with E-state index in [9.17, 15) is 19.5 Å². The first-order chi connectivity index (χ1) is 21.3. The van der Waals surface area contributed by atoms with Crippen LogP contribution in [0.15, 0.2) is 72.8 Å². The maximum atomic E-state index is 14.5. The van der Waals surface area contributed by atoms with Crippen LogP contribution in [0, 0.1) is 25.7 Å². The lowest BCUT2D eigenvalue weighted by Crippen LogP contribution is -2.56. The lowest BCUT2D eigenvalue weighted by atomic mass is 9.70. The number of aliphatic hydroxyl groups excluding tert-OH is 1. The molecule has 6 rings (SSSR count). The highest BCUT2D eigenvalue weighted by Gasteiger charge is 2.75. The van der Waals surface area contributed by atoms with Gasteiger partial charge in [-0.25, -0.2) is 0 Å². The number of likely N-dealkylation sites (tertiary alicyclic amines) is 1. The third-order valence-electron chi connectivity index (χ3n) is 9.29. The van der Waals surface area contributed by atoms with Gasteiger partial charge in [0, 0.05) is 11.4 Å². The minimum atomic E-state index is -1.19. The number of ether oxygens (including phenoxy) is 2. The molecule has 2 unspecified atom stereocenters. The molecule has 3 heterocycles. The fraction of sp³-hybridized carbons (Fsp3) is 0.400. The summed E-state index contributed by atoms with van der Waals surface area (Å²) in [6.07, 6.45) is 0.873. The average Bonchev–Trinajstić information content (AvgIpc) is 3.67. The Balaban J connectivity index is 1.34. The number of aryl methyl sites for hydroxylation is 2. The van der Waals surface area contributed by atoms with E-state index >= 15 is 0 Å². The molecule has 0 aliphatic carbocycles. The van der Waals surface area contributed by atoms with Crippen LogP contribution in [0.1, 0.15) is 36.5 Å². The second kappa shape index (κ2) is 12.1. The molecule has 9 nitrogen and oxygen atoms in total. The molecule has 0 aromatic heterocycles. The zero-order valence-corrected chi connectivity index (χ0v) is 25.3.